The fourth-order valence-electron chi connectivity index (χ4n) is 5.90. The lowest BCUT2D eigenvalue weighted by Gasteiger charge is -2.37. The van der Waals surface area contributed by atoms with Crippen molar-refractivity contribution in [2.45, 2.75) is 73.0 Å². The van der Waals surface area contributed by atoms with Crippen LogP contribution in [0.1, 0.15) is 71.4 Å². The molecule has 0 aliphatic carbocycles. The molecule has 0 saturated carbocycles. The van der Waals surface area contributed by atoms with E-state index in [2.05, 4.69) is 35.1 Å². The highest BCUT2D eigenvalue weighted by atomic mass is 16.5. The molecule has 0 radical (unpaired) electrons. The molecule has 0 atom stereocenters. The predicted molar refractivity (Wildman–Crippen MR) is 174 cm³/mol. The van der Waals surface area contributed by atoms with Gasteiger partial charge in [-0.2, -0.15) is 5.06 Å². The minimum absolute atomic E-state index is 0.145. The van der Waals surface area contributed by atoms with E-state index in [1.54, 1.807) is 0 Å². The molecule has 9 heteroatoms. The van der Waals surface area contributed by atoms with Crippen LogP contribution < -0.4 is 15.8 Å². The third-order valence-electron chi connectivity index (χ3n) is 8.32. The van der Waals surface area contributed by atoms with Crippen LogP contribution in [0, 0.1) is 20.8 Å². The SMILES string of the molecule is CCCOCCN(O)Cc1ccc(-c2cc(C(=O)NCc3c(C)cc(C)[nH]c3=O)c(C)c(N(CC)C3CCOCC3)c2)cc1. The van der Waals surface area contributed by atoms with Gasteiger partial charge in [0, 0.05) is 74.5 Å². The molecule has 0 spiro atoms. The van der Waals surface area contributed by atoms with Crippen LogP contribution in [0.4, 0.5) is 5.69 Å². The molecule has 1 aliphatic heterocycles. The predicted octanol–water partition coefficient (Wildman–Crippen LogP) is 5.52. The summed E-state index contributed by atoms with van der Waals surface area (Å²) in [6.45, 7) is 14.4. The maximum atomic E-state index is 13.7. The zero-order chi connectivity index (χ0) is 31.6. The Hall–Kier alpha value is -3.50. The molecular formula is C35H48N4O5. The topological polar surface area (TPSA) is 107 Å². The van der Waals surface area contributed by atoms with Crippen LogP contribution in [0.3, 0.4) is 0 Å². The number of hydroxylamine groups is 2. The van der Waals surface area contributed by atoms with Gasteiger partial charge in [-0.1, -0.05) is 31.2 Å². The zero-order valence-corrected chi connectivity index (χ0v) is 26.9. The van der Waals surface area contributed by atoms with Gasteiger partial charge < -0.3 is 29.9 Å². The lowest BCUT2D eigenvalue weighted by Crippen LogP contribution is -2.40. The van der Waals surface area contributed by atoms with Crippen molar-refractivity contribution in [2.75, 3.05) is 44.4 Å². The molecular weight excluding hydrogens is 556 g/mol. The van der Waals surface area contributed by atoms with Crippen molar-refractivity contribution < 1.29 is 19.5 Å². The van der Waals surface area contributed by atoms with E-state index in [4.69, 9.17) is 9.47 Å². The average molecular weight is 605 g/mol. The van der Waals surface area contributed by atoms with E-state index < -0.39 is 0 Å². The summed E-state index contributed by atoms with van der Waals surface area (Å²) in [6, 6.07) is 14.4. The normalized spacial score (nSPS) is 13.8. The molecule has 3 aromatic rings. The third kappa shape index (κ3) is 8.57. The van der Waals surface area contributed by atoms with Gasteiger partial charge in [0.2, 0.25) is 0 Å². The number of hydrogen-bond donors (Lipinski definition) is 3. The summed E-state index contributed by atoms with van der Waals surface area (Å²) < 4.78 is 11.1. The third-order valence-corrected chi connectivity index (χ3v) is 8.32. The van der Waals surface area contributed by atoms with E-state index in [-0.39, 0.29) is 18.0 Å². The van der Waals surface area contributed by atoms with Crippen molar-refractivity contribution in [2.24, 2.45) is 0 Å². The van der Waals surface area contributed by atoms with E-state index in [0.29, 0.717) is 43.5 Å². The highest BCUT2D eigenvalue weighted by Gasteiger charge is 2.25. The monoisotopic (exact) mass is 604 g/mol. The molecule has 0 unspecified atom stereocenters. The molecule has 44 heavy (non-hydrogen) atoms. The van der Waals surface area contributed by atoms with Crippen LogP contribution in [0.5, 0.6) is 0 Å². The lowest BCUT2D eigenvalue weighted by molar-refractivity contribution is -0.112. The van der Waals surface area contributed by atoms with Crippen molar-refractivity contribution >= 4 is 11.6 Å². The Morgan fingerprint density at radius 3 is 2.43 bits per heavy atom. The Morgan fingerprint density at radius 1 is 1.05 bits per heavy atom. The number of aryl methyl sites for hydroxylation is 2. The summed E-state index contributed by atoms with van der Waals surface area (Å²) >= 11 is 0. The lowest BCUT2D eigenvalue weighted by atomic mass is 9.94. The van der Waals surface area contributed by atoms with Gasteiger partial charge in [-0.05, 0) is 93.0 Å². The number of H-pyrrole nitrogens is 1. The molecule has 1 aromatic heterocycles. The Balaban J connectivity index is 1.62. The molecule has 0 bridgehead atoms. The standard InChI is InChI=1S/C35H48N4O5/c1-6-15-43-18-14-38(42)23-27-8-10-28(11-9-27)29-20-31(34(40)36-22-32-24(3)19-25(4)37-35(32)41)26(5)33(21-29)39(7-2)30-12-16-44-17-13-30/h8-11,19-21,30,42H,6-7,12-18,22-23H2,1-5H3,(H,36,40)(H,37,41). The zero-order valence-electron chi connectivity index (χ0n) is 26.9. The Kier molecular flexibility index (Phi) is 12.1. The average Bonchev–Trinajstić information content (AvgIpc) is 3.01. The number of hydrogen-bond acceptors (Lipinski definition) is 7. The van der Waals surface area contributed by atoms with E-state index in [1.165, 1.54) is 5.06 Å². The number of amides is 1. The van der Waals surface area contributed by atoms with Gasteiger partial charge >= 0.3 is 0 Å². The first kappa shape index (κ1) is 33.4. The number of rotatable bonds is 14. The van der Waals surface area contributed by atoms with Gasteiger partial charge in [0.15, 0.2) is 0 Å². The van der Waals surface area contributed by atoms with Crippen LogP contribution in [0.25, 0.3) is 11.1 Å². The summed E-state index contributed by atoms with van der Waals surface area (Å²) in [5.74, 6) is -0.217. The number of anilines is 1. The summed E-state index contributed by atoms with van der Waals surface area (Å²) in [7, 11) is 0. The van der Waals surface area contributed by atoms with Gasteiger partial charge in [-0.3, -0.25) is 9.59 Å². The number of benzene rings is 2. The molecule has 1 aliphatic rings. The fourth-order valence-corrected chi connectivity index (χ4v) is 5.90. The molecule has 2 aromatic carbocycles. The quantitative estimate of drug-likeness (QED) is 0.164. The van der Waals surface area contributed by atoms with Crippen molar-refractivity contribution in [1.29, 1.82) is 0 Å². The molecule has 2 heterocycles. The summed E-state index contributed by atoms with van der Waals surface area (Å²) in [5.41, 5.74) is 7.44. The van der Waals surface area contributed by atoms with Crippen LogP contribution in [-0.4, -0.2) is 66.7 Å². The van der Waals surface area contributed by atoms with Crippen LogP contribution in [-0.2, 0) is 22.6 Å². The van der Waals surface area contributed by atoms with E-state index in [1.807, 2.05) is 57.2 Å². The fraction of sp³-hybridized carbons (Fsp3) is 0.486. The van der Waals surface area contributed by atoms with Crippen molar-refractivity contribution in [1.82, 2.24) is 15.4 Å². The minimum Gasteiger partial charge on any atom is -0.381 e. The van der Waals surface area contributed by atoms with Crippen molar-refractivity contribution in [3.63, 3.8) is 0 Å². The first-order valence-corrected chi connectivity index (χ1v) is 15.8. The first-order chi connectivity index (χ1) is 21.2. The number of pyridine rings is 1. The van der Waals surface area contributed by atoms with Gasteiger partial charge in [0.25, 0.3) is 11.5 Å². The highest BCUT2D eigenvalue weighted by Crippen LogP contribution is 2.34. The smallest absolute Gasteiger partial charge is 0.253 e. The van der Waals surface area contributed by atoms with Gasteiger partial charge in [0.1, 0.15) is 0 Å². The molecule has 238 valence electrons. The van der Waals surface area contributed by atoms with Crippen LogP contribution in [0.2, 0.25) is 0 Å². The number of aromatic nitrogens is 1. The first-order valence-electron chi connectivity index (χ1n) is 15.8. The minimum atomic E-state index is -0.217. The van der Waals surface area contributed by atoms with Gasteiger partial charge in [-0.15, -0.1) is 0 Å². The summed E-state index contributed by atoms with van der Waals surface area (Å²) in [5, 5.41) is 14.6. The molecule has 4 rings (SSSR count). The van der Waals surface area contributed by atoms with Crippen LogP contribution >= 0.6 is 0 Å². The number of nitrogens with one attached hydrogen (secondary N) is 2. The Morgan fingerprint density at radius 2 is 1.77 bits per heavy atom. The molecule has 1 saturated heterocycles. The molecule has 3 N–H and O–H groups in total. The second kappa shape index (κ2) is 16.0. The summed E-state index contributed by atoms with van der Waals surface area (Å²) in [4.78, 5) is 31.6. The Bertz CT molecular complexity index is 1450. The van der Waals surface area contributed by atoms with Gasteiger partial charge in [0.05, 0.1) is 6.61 Å². The highest BCUT2D eigenvalue weighted by molar-refractivity contribution is 5.99. The maximum Gasteiger partial charge on any atom is 0.253 e. The maximum absolute atomic E-state index is 13.7. The van der Waals surface area contributed by atoms with E-state index >= 15 is 0 Å². The largest absolute Gasteiger partial charge is 0.381 e. The number of aromatic amines is 1. The molecule has 1 amide bonds. The van der Waals surface area contributed by atoms with Crippen LogP contribution in [0.15, 0.2) is 47.3 Å². The second-order valence-corrected chi connectivity index (χ2v) is 11.6. The van der Waals surface area contributed by atoms with Gasteiger partial charge in [-0.25, -0.2) is 0 Å². The number of ether oxygens (including phenoxy) is 2. The number of nitrogens with zero attached hydrogens (tertiary/aromatic N) is 2. The van der Waals surface area contributed by atoms with Crippen molar-refractivity contribution in [3.05, 3.63) is 86.3 Å². The second-order valence-electron chi connectivity index (χ2n) is 11.6. The number of carbonyl (C=O) groups excluding carboxylic acids is 1. The molecule has 9 nitrogen and oxygen atoms in total. The van der Waals surface area contributed by atoms with Crippen molar-refractivity contribution in [3.8, 4) is 11.1 Å². The van der Waals surface area contributed by atoms with E-state index in [0.717, 1.165) is 78.2 Å². The summed E-state index contributed by atoms with van der Waals surface area (Å²) in [6.07, 6.45) is 2.82. The van der Waals surface area contributed by atoms with E-state index in [9.17, 15) is 14.8 Å². The number of carbonyl (C=O) groups is 1. The Labute approximate surface area is 261 Å². The molecule has 1 fully saturated rings.